The van der Waals surface area contributed by atoms with Crippen molar-refractivity contribution in [3.63, 3.8) is 0 Å². The lowest BCUT2D eigenvalue weighted by molar-refractivity contribution is 0.0688. The molecule has 2 rings (SSSR count). The highest BCUT2D eigenvalue weighted by molar-refractivity contribution is 14.1. The Kier molecular flexibility index (Phi) is 2.60. The predicted molar refractivity (Wildman–Crippen MR) is 63.3 cm³/mol. The Morgan fingerprint density at radius 2 is 2.36 bits per heavy atom. The number of carboxylic acid groups (broad SMARTS) is 1. The number of halogens is 1. The minimum atomic E-state index is -0.904. The largest absolute Gasteiger partial charge is 0.477 e. The van der Waals surface area contributed by atoms with Crippen LogP contribution in [-0.4, -0.2) is 15.6 Å². The topological polar surface area (TPSA) is 42.2 Å². The van der Waals surface area contributed by atoms with Crippen LogP contribution < -0.4 is 0 Å². The number of hydrogen-bond donors (Lipinski definition) is 1. The normalized spacial score (nSPS) is 10.4. The second-order valence-corrected chi connectivity index (χ2v) is 4.73. The van der Waals surface area contributed by atoms with Gasteiger partial charge in [-0.2, -0.15) is 11.3 Å². The molecule has 0 aromatic carbocycles. The Hall–Kier alpha value is -0.820. The zero-order valence-electron chi connectivity index (χ0n) is 6.98. The van der Waals surface area contributed by atoms with Crippen molar-refractivity contribution in [2.24, 2.45) is 0 Å². The summed E-state index contributed by atoms with van der Waals surface area (Å²) in [5.74, 6) is -0.904. The van der Waals surface area contributed by atoms with Crippen molar-refractivity contribution < 1.29 is 9.90 Å². The Morgan fingerprint density at radius 1 is 1.57 bits per heavy atom. The van der Waals surface area contributed by atoms with Crippen molar-refractivity contribution in [1.82, 2.24) is 4.57 Å². The molecule has 0 fully saturated rings. The van der Waals surface area contributed by atoms with E-state index in [0.29, 0.717) is 5.69 Å². The molecule has 2 aromatic rings. The van der Waals surface area contributed by atoms with E-state index in [4.69, 9.17) is 5.11 Å². The van der Waals surface area contributed by atoms with Crippen molar-refractivity contribution >= 4 is 39.9 Å². The number of hydrogen-bond acceptors (Lipinski definition) is 2. The van der Waals surface area contributed by atoms with Crippen LogP contribution >= 0.6 is 33.9 Å². The first kappa shape index (κ1) is 9.72. The Morgan fingerprint density at radius 3 is 2.93 bits per heavy atom. The fraction of sp³-hybridized carbons (Fsp3) is 0. The Labute approximate surface area is 98.1 Å². The molecule has 0 atom stereocenters. The molecule has 0 saturated carbocycles. The third kappa shape index (κ3) is 1.69. The fourth-order valence-electron chi connectivity index (χ4n) is 1.20. The molecule has 0 aliphatic carbocycles. The third-order valence-corrected chi connectivity index (χ3v) is 3.05. The summed E-state index contributed by atoms with van der Waals surface area (Å²) in [6, 6.07) is 3.55. The summed E-state index contributed by atoms with van der Waals surface area (Å²) in [7, 11) is 0. The van der Waals surface area contributed by atoms with Crippen LogP contribution in [-0.2, 0) is 0 Å². The van der Waals surface area contributed by atoms with Gasteiger partial charge in [-0.3, -0.25) is 0 Å². The number of thiophene rings is 1. The minimum absolute atomic E-state index is 0.299. The molecule has 0 amide bonds. The highest BCUT2D eigenvalue weighted by Gasteiger charge is 2.12. The maximum absolute atomic E-state index is 10.9. The first-order valence-electron chi connectivity index (χ1n) is 3.82. The van der Waals surface area contributed by atoms with Gasteiger partial charge in [-0.05, 0) is 40.1 Å². The van der Waals surface area contributed by atoms with Crippen molar-refractivity contribution in [2.45, 2.75) is 0 Å². The van der Waals surface area contributed by atoms with E-state index in [1.165, 1.54) is 0 Å². The maximum atomic E-state index is 10.9. The van der Waals surface area contributed by atoms with E-state index < -0.39 is 5.97 Å². The third-order valence-electron chi connectivity index (χ3n) is 1.79. The van der Waals surface area contributed by atoms with Crippen LogP contribution in [0, 0.1) is 3.57 Å². The number of rotatable bonds is 2. The molecular weight excluding hydrogens is 313 g/mol. The van der Waals surface area contributed by atoms with Gasteiger partial charge in [0.25, 0.3) is 0 Å². The lowest BCUT2D eigenvalue weighted by atomic mass is 10.4. The van der Waals surface area contributed by atoms with Gasteiger partial charge in [-0.1, -0.05) is 0 Å². The average molecular weight is 319 g/mol. The van der Waals surface area contributed by atoms with Gasteiger partial charge in [0.05, 0.1) is 5.69 Å². The first-order valence-corrected chi connectivity index (χ1v) is 5.84. The maximum Gasteiger partial charge on any atom is 0.352 e. The fourth-order valence-corrected chi connectivity index (χ4v) is 2.40. The van der Waals surface area contributed by atoms with Crippen LogP contribution in [0.4, 0.5) is 0 Å². The van der Waals surface area contributed by atoms with Crippen LogP contribution in [0.1, 0.15) is 10.5 Å². The zero-order valence-corrected chi connectivity index (χ0v) is 9.95. The predicted octanol–water partition coefficient (Wildman–Crippen LogP) is 2.84. The molecule has 0 saturated heterocycles. The summed E-state index contributed by atoms with van der Waals surface area (Å²) in [5, 5.41) is 12.8. The number of carbonyl (C=O) groups is 1. The van der Waals surface area contributed by atoms with E-state index in [2.05, 4.69) is 22.6 Å². The first-order chi connectivity index (χ1) is 6.68. The highest BCUT2D eigenvalue weighted by atomic mass is 127. The lowest BCUT2D eigenvalue weighted by Crippen LogP contribution is -2.04. The van der Waals surface area contributed by atoms with Gasteiger partial charge in [0, 0.05) is 15.1 Å². The summed E-state index contributed by atoms with van der Waals surface area (Å²) >= 11 is 3.65. The monoisotopic (exact) mass is 319 g/mol. The van der Waals surface area contributed by atoms with Gasteiger partial charge in [0.1, 0.15) is 5.69 Å². The summed E-state index contributed by atoms with van der Waals surface area (Å²) in [6.07, 6.45) is 1.81. The van der Waals surface area contributed by atoms with Crippen molar-refractivity contribution in [3.8, 4) is 5.69 Å². The van der Waals surface area contributed by atoms with Crippen LogP contribution in [0.15, 0.2) is 29.1 Å². The Bertz CT molecular complexity index is 461. The van der Waals surface area contributed by atoms with E-state index in [0.717, 1.165) is 9.26 Å². The van der Waals surface area contributed by atoms with E-state index in [9.17, 15) is 4.79 Å². The van der Waals surface area contributed by atoms with Crippen LogP contribution in [0.25, 0.3) is 5.69 Å². The summed E-state index contributed by atoms with van der Waals surface area (Å²) < 4.78 is 2.60. The number of aromatic nitrogens is 1. The molecule has 2 heterocycles. The van der Waals surface area contributed by atoms with Crippen molar-refractivity contribution in [3.05, 3.63) is 38.4 Å². The molecule has 0 spiro atoms. The molecule has 0 radical (unpaired) electrons. The molecule has 0 aliphatic heterocycles. The van der Waals surface area contributed by atoms with Crippen molar-refractivity contribution in [1.29, 1.82) is 0 Å². The summed E-state index contributed by atoms with van der Waals surface area (Å²) in [4.78, 5) is 10.9. The van der Waals surface area contributed by atoms with E-state index in [-0.39, 0.29) is 0 Å². The SMILES string of the molecule is O=C(O)c1cc(I)cn1-c1ccsc1. The molecule has 2 aromatic heterocycles. The number of nitrogens with zero attached hydrogens (tertiary/aromatic N) is 1. The molecule has 72 valence electrons. The Balaban J connectivity index is 2.58. The minimum Gasteiger partial charge on any atom is -0.477 e. The lowest BCUT2D eigenvalue weighted by Gasteiger charge is -2.01. The van der Waals surface area contributed by atoms with Crippen molar-refractivity contribution in [2.75, 3.05) is 0 Å². The molecule has 0 aliphatic rings. The van der Waals surface area contributed by atoms with E-state index in [1.54, 1.807) is 22.0 Å². The van der Waals surface area contributed by atoms with Crippen LogP contribution in [0.3, 0.4) is 0 Å². The molecular formula is C9H6INO2S. The quantitative estimate of drug-likeness (QED) is 0.865. The van der Waals surface area contributed by atoms with E-state index >= 15 is 0 Å². The second kappa shape index (κ2) is 3.74. The second-order valence-electron chi connectivity index (χ2n) is 2.70. The molecule has 5 heteroatoms. The summed E-state index contributed by atoms with van der Waals surface area (Å²) in [6.45, 7) is 0. The number of aromatic carboxylic acids is 1. The van der Waals surface area contributed by atoms with Crippen LogP contribution in [0.5, 0.6) is 0 Å². The molecule has 14 heavy (non-hydrogen) atoms. The van der Waals surface area contributed by atoms with Gasteiger partial charge >= 0.3 is 5.97 Å². The summed E-state index contributed by atoms with van der Waals surface area (Å²) in [5.41, 5.74) is 1.20. The smallest absolute Gasteiger partial charge is 0.352 e. The van der Waals surface area contributed by atoms with E-state index in [1.807, 2.05) is 23.0 Å². The molecule has 0 unspecified atom stereocenters. The van der Waals surface area contributed by atoms with Gasteiger partial charge in [0.15, 0.2) is 0 Å². The van der Waals surface area contributed by atoms with Crippen LogP contribution in [0.2, 0.25) is 0 Å². The molecule has 3 nitrogen and oxygen atoms in total. The molecule has 0 bridgehead atoms. The van der Waals surface area contributed by atoms with Gasteiger partial charge < -0.3 is 9.67 Å². The highest BCUT2D eigenvalue weighted by Crippen LogP contribution is 2.19. The van der Waals surface area contributed by atoms with Gasteiger partial charge in [-0.15, -0.1) is 0 Å². The molecule has 1 N–H and O–H groups in total. The van der Waals surface area contributed by atoms with Gasteiger partial charge in [0.2, 0.25) is 0 Å². The van der Waals surface area contributed by atoms with Gasteiger partial charge in [-0.25, -0.2) is 4.79 Å². The zero-order chi connectivity index (χ0) is 10.1. The average Bonchev–Trinajstić information content (AvgIpc) is 2.70. The number of carboxylic acids is 1. The standard InChI is InChI=1S/C9H6INO2S/c10-6-3-8(9(12)13)11(4-6)7-1-2-14-5-7/h1-5H,(H,12,13).